The lowest BCUT2D eigenvalue weighted by atomic mass is 9.82. The first-order valence-corrected chi connectivity index (χ1v) is 20.0. The highest BCUT2D eigenvalue weighted by molar-refractivity contribution is 6.20. The number of benzene rings is 9. The Bertz CT molecular complexity index is 3440. The molecule has 0 bridgehead atoms. The van der Waals surface area contributed by atoms with E-state index < -0.39 is 0 Å². The Hall–Kier alpha value is -7.36. The Labute approximate surface area is 336 Å². The zero-order valence-electron chi connectivity index (χ0n) is 32.2. The number of hydrogen-bond acceptors (Lipinski definition) is 3. The van der Waals surface area contributed by atoms with Crippen LogP contribution in [0.4, 0.5) is 17.1 Å². The summed E-state index contributed by atoms with van der Waals surface area (Å²) < 4.78 is 13.2. The van der Waals surface area contributed by atoms with Gasteiger partial charge in [0.2, 0.25) is 0 Å². The fraction of sp³-hybridized carbons (Fsp3) is 0.0545. The lowest BCUT2D eigenvalue weighted by Gasteiger charge is -2.30. The molecule has 58 heavy (non-hydrogen) atoms. The molecular formula is C55H37NO2. The van der Waals surface area contributed by atoms with Crippen LogP contribution < -0.4 is 4.90 Å². The van der Waals surface area contributed by atoms with Crippen molar-refractivity contribution >= 4 is 71.7 Å². The normalized spacial score (nSPS) is 13.1. The van der Waals surface area contributed by atoms with E-state index in [2.05, 4.69) is 195 Å². The molecule has 1 aliphatic rings. The van der Waals surface area contributed by atoms with Gasteiger partial charge in [-0.2, -0.15) is 0 Å². The number of fused-ring (bicyclic) bond motifs is 11. The van der Waals surface area contributed by atoms with E-state index in [9.17, 15) is 0 Å². The zero-order valence-corrected chi connectivity index (χ0v) is 32.2. The van der Waals surface area contributed by atoms with Crippen molar-refractivity contribution in [3.05, 3.63) is 199 Å². The predicted molar refractivity (Wildman–Crippen MR) is 242 cm³/mol. The van der Waals surface area contributed by atoms with Crippen LogP contribution in [0.3, 0.4) is 0 Å². The lowest BCUT2D eigenvalue weighted by molar-refractivity contribution is 0.660. The minimum Gasteiger partial charge on any atom is -0.455 e. The van der Waals surface area contributed by atoms with Gasteiger partial charge < -0.3 is 13.7 Å². The fourth-order valence-corrected chi connectivity index (χ4v) is 9.70. The molecule has 3 heteroatoms. The van der Waals surface area contributed by atoms with E-state index in [0.29, 0.717) is 0 Å². The van der Waals surface area contributed by atoms with Gasteiger partial charge in [0.1, 0.15) is 22.3 Å². The molecule has 0 unspecified atom stereocenters. The highest BCUT2D eigenvalue weighted by atomic mass is 16.3. The lowest BCUT2D eigenvalue weighted by Crippen LogP contribution is -2.16. The molecule has 1 aliphatic carbocycles. The number of rotatable bonds is 5. The Morgan fingerprint density at radius 2 is 1.03 bits per heavy atom. The van der Waals surface area contributed by atoms with Crippen molar-refractivity contribution < 1.29 is 8.83 Å². The number of hydrogen-bond donors (Lipinski definition) is 0. The Balaban J connectivity index is 1.07. The molecule has 0 atom stereocenters. The monoisotopic (exact) mass is 743 g/mol. The van der Waals surface area contributed by atoms with Crippen molar-refractivity contribution in [3.8, 4) is 33.4 Å². The summed E-state index contributed by atoms with van der Waals surface area (Å²) in [7, 11) is 0. The van der Waals surface area contributed by atoms with Gasteiger partial charge in [-0.05, 0) is 87.3 Å². The molecule has 3 nitrogen and oxygen atoms in total. The van der Waals surface area contributed by atoms with E-state index in [1.165, 1.54) is 27.6 Å². The number of furan rings is 2. The highest BCUT2D eigenvalue weighted by Crippen LogP contribution is 2.52. The van der Waals surface area contributed by atoms with Crippen molar-refractivity contribution in [3.63, 3.8) is 0 Å². The molecule has 11 aromatic rings. The number of nitrogens with zero attached hydrogens (tertiary/aromatic N) is 1. The highest BCUT2D eigenvalue weighted by Gasteiger charge is 2.36. The van der Waals surface area contributed by atoms with Crippen molar-refractivity contribution in [1.82, 2.24) is 0 Å². The van der Waals surface area contributed by atoms with Gasteiger partial charge in [-0.15, -0.1) is 0 Å². The van der Waals surface area contributed by atoms with Gasteiger partial charge in [-0.3, -0.25) is 0 Å². The summed E-state index contributed by atoms with van der Waals surface area (Å²) >= 11 is 0. The molecular weight excluding hydrogens is 707 g/mol. The van der Waals surface area contributed by atoms with Crippen LogP contribution >= 0.6 is 0 Å². The molecule has 0 amide bonds. The Morgan fingerprint density at radius 1 is 0.397 bits per heavy atom. The zero-order chi connectivity index (χ0) is 38.5. The molecule has 2 heterocycles. The van der Waals surface area contributed by atoms with Gasteiger partial charge in [0.15, 0.2) is 0 Å². The molecule has 0 fully saturated rings. The Morgan fingerprint density at radius 3 is 1.93 bits per heavy atom. The summed E-state index contributed by atoms with van der Waals surface area (Å²) in [4.78, 5) is 2.43. The van der Waals surface area contributed by atoms with Gasteiger partial charge in [0, 0.05) is 54.8 Å². The third kappa shape index (κ3) is 4.74. The summed E-state index contributed by atoms with van der Waals surface area (Å²) in [6.45, 7) is 4.70. The van der Waals surface area contributed by atoms with E-state index in [4.69, 9.17) is 8.83 Å². The van der Waals surface area contributed by atoms with Crippen LogP contribution in [-0.4, -0.2) is 0 Å². The summed E-state index contributed by atoms with van der Waals surface area (Å²) in [5.41, 5.74) is 16.5. The van der Waals surface area contributed by atoms with Crippen molar-refractivity contribution in [2.24, 2.45) is 0 Å². The van der Waals surface area contributed by atoms with Crippen molar-refractivity contribution in [2.45, 2.75) is 19.3 Å². The van der Waals surface area contributed by atoms with E-state index in [1.807, 2.05) is 12.1 Å². The molecule has 12 rings (SSSR count). The van der Waals surface area contributed by atoms with Crippen LogP contribution in [-0.2, 0) is 5.41 Å². The summed E-state index contributed by atoms with van der Waals surface area (Å²) in [6, 6.07) is 67.7. The van der Waals surface area contributed by atoms with Gasteiger partial charge in [0.25, 0.3) is 0 Å². The largest absolute Gasteiger partial charge is 0.455 e. The van der Waals surface area contributed by atoms with Crippen LogP contribution in [0.2, 0.25) is 0 Å². The molecule has 2 aromatic heterocycles. The van der Waals surface area contributed by atoms with Gasteiger partial charge in [-0.25, -0.2) is 0 Å². The predicted octanol–water partition coefficient (Wildman–Crippen LogP) is 15.7. The third-order valence-electron chi connectivity index (χ3n) is 12.5. The second-order valence-electron chi connectivity index (χ2n) is 16.0. The molecule has 0 aliphatic heterocycles. The summed E-state index contributed by atoms with van der Waals surface area (Å²) in [6.07, 6.45) is 0. The first-order valence-electron chi connectivity index (χ1n) is 20.0. The maximum absolute atomic E-state index is 6.69. The third-order valence-corrected chi connectivity index (χ3v) is 12.5. The van der Waals surface area contributed by atoms with E-state index in [-0.39, 0.29) is 5.41 Å². The molecule has 0 radical (unpaired) electrons. The molecule has 0 spiro atoms. The maximum Gasteiger partial charge on any atom is 0.143 e. The van der Waals surface area contributed by atoms with Crippen LogP contribution in [0.5, 0.6) is 0 Å². The summed E-state index contributed by atoms with van der Waals surface area (Å²) in [5, 5.41) is 6.79. The van der Waals surface area contributed by atoms with Crippen LogP contribution in [0, 0.1) is 0 Å². The van der Waals surface area contributed by atoms with E-state index >= 15 is 0 Å². The first-order chi connectivity index (χ1) is 28.5. The molecule has 0 saturated heterocycles. The molecule has 9 aromatic carbocycles. The standard InChI is InChI=1S/C55H37NO2/c1-55(2)47-21-8-5-15-40(47)41-32-30-37(33-48(41)55)56(36-28-25-35(26-29-36)39-18-11-20-45-43-17-7-10-23-50(43)57-53(39)45)49-22-9-6-16-42(49)44-19-12-24-51-52(44)46-31-27-34-13-3-4-14-38(34)54(46)58-51/h3-33H,1-2H3. The van der Waals surface area contributed by atoms with Crippen LogP contribution in [0.1, 0.15) is 25.0 Å². The maximum atomic E-state index is 6.69. The van der Waals surface area contributed by atoms with E-state index in [1.54, 1.807) is 0 Å². The van der Waals surface area contributed by atoms with Crippen LogP contribution in [0.25, 0.3) is 88.0 Å². The molecule has 274 valence electrons. The second-order valence-corrected chi connectivity index (χ2v) is 16.0. The van der Waals surface area contributed by atoms with E-state index in [0.717, 1.165) is 88.6 Å². The smallest absolute Gasteiger partial charge is 0.143 e. The van der Waals surface area contributed by atoms with Gasteiger partial charge in [-0.1, -0.05) is 153 Å². The minimum atomic E-state index is -0.147. The second kappa shape index (κ2) is 12.3. The van der Waals surface area contributed by atoms with Gasteiger partial charge in [0.05, 0.1) is 5.69 Å². The number of anilines is 3. The molecule has 0 saturated carbocycles. The number of para-hydroxylation sites is 3. The van der Waals surface area contributed by atoms with Crippen molar-refractivity contribution in [1.29, 1.82) is 0 Å². The first kappa shape index (κ1) is 32.8. The SMILES string of the molecule is CC1(C)c2ccccc2-c2ccc(N(c3ccc(-c4cccc5c4oc4ccccc45)cc3)c3ccccc3-c3cccc4oc5c6ccccc6ccc5c34)cc21. The fourth-order valence-electron chi connectivity index (χ4n) is 9.70. The quantitative estimate of drug-likeness (QED) is 0.176. The average Bonchev–Trinajstić information content (AvgIpc) is 3.92. The minimum absolute atomic E-state index is 0.147. The average molecular weight is 744 g/mol. The Kier molecular flexibility index (Phi) is 6.98. The topological polar surface area (TPSA) is 29.5 Å². The van der Waals surface area contributed by atoms with Crippen molar-refractivity contribution in [2.75, 3.05) is 4.90 Å². The van der Waals surface area contributed by atoms with Gasteiger partial charge >= 0.3 is 0 Å². The van der Waals surface area contributed by atoms with Crippen LogP contribution in [0.15, 0.2) is 197 Å². The summed E-state index contributed by atoms with van der Waals surface area (Å²) in [5.74, 6) is 0. The molecule has 0 N–H and O–H groups in total.